The Balaban J connectivity index is 1.83. The minimum atomic E-state index is 0.397. The molecule has 3 heterocycles. The summed E-state index contributed by atoms with van der Waals surface area (Å²) >= 11 is 13.9. The molecule has 108 valence electrons. The first-order chi connectivity index (χ1) is 10.7. The van der Waals surface area contributed by atoms with Crippen molar-refractivity contribution in [2.75, 3.05) is 0 Å². The number of nitrogens with zero attached hydrogens (tertiary/aromatic N) is 3. The smallest absolute Gasteiger partial charge is 0.259 e. The van der Waals surface area contributed by atoms with Crippen molar-refractivity contribution in [3.05, 3.63) is 52.8 Å². The second-order valence-corrected chi connectivity index (χ2v) is 6.40. The Hall–Kier alpha value is -1.95. The van der Waals surface area contributed by atoms with Crippen molar-refractivity contribution in [3.8, 4) is 22.2 Å². The molecule has 1 aromatic carbocycles. The van der Waals surface area contributed by atoms with E-state index in [1.54, 1.807) is 12.4 Å². The molecule has 0 spiro atoms. The van der Waals surface area contributed by atoms with Gasteiger partial charge in [0.15, 0.2) is 0 Å². The second kappa shape index (κ2) is 5.35. The van der Waals surface area contributed by atoms with E-state index in [1.165, 1.54) is 11.3 Å². The summed E-state index contributed by atoms with van der Waals surface area (Å²) in [7, 11) is 0. The zero-order chi connectivity index (χ0) is 15.1. The third kappa shape index (κ3) is 2.27. The van der Waals surface area contributed by atoms with Gasteiger partial charge in [-0.15, -0.1) is 21.5 Å². The first-order valence-electron chi connectivity index (χ1n) is 6.34. The average molecular weight is 348 g/mol. The van der Waals surface area contributed by atoms with E-state index in [4.69, 9.17) is 27.6 Å². The van der Waals surface area contributed by atoms with Gasteiger partial charge in [-0.25, -0.2) is 0 Å². The van der Waals surface area contributed by atoms with Crippen molar-refractivity contribution in [3.63, 3.8) is 0 Å². The van der Waals surface area contributed by atoms with Crippen molar-refractivity contribution in [1.29, 1.82) is 0 Å². The highest BCUT2D eigenvalue weighted by atomic mass is 35.5. The van der Waals surface area contributed by atoms with Crippen LogP contribution >= 0.6 is 34.5 Å². The summed E-state index contributed by atoms with van der Waals surface area (Å²) in [5.74, 6) is 0.832. The molecule has 0 aliphatic heterocycles. The van der Waals surface area contributed by atoms with Crippen LogP contribution in [0.2, 0.25) is 10.0 Å². The Morgan fingerprint density at radius 1 is 0.955 bits per heavy atom. The van der Waals surface area contributed by atoms with Crippen molar-refractivity contribution >= 4 is 44.6 Å². The molecule has 3 aromatic heterocycles. The summed E-state index contributed by atoms with van der Waals surface area (Å²) in [6.07, 6.45) is 3.35. The molecule has 4 nitrogen and oxygen atoms in total. The Kier molecular flexibility index (Phi) is 3.33. The van der Waals surface area contributed by atoms with Crippen molar-refractivity contribution in [1.82, 2.24) is 15.2 Å². The predicted octanol–water partition coefficient (Wildman–Crippen LogP) is 5.32. The number of fused-ring (bicyclic) bond motifs is 1. The molecular weight excluding hydrogens is 341 g/mol. The topological polar surface area (TPSA) is 51.8 Å². The number of rotatable bonds is 2. The number of thiophene rings is 1. The maximum atomic E-state index is 6.43. The fraction of sp³-hybridized carbons (Fsp3) is 0. The van der Waals surface area contributed by atoms with Gasteiger partial charge in [-0.2, -0.15) is 0 Å². The van der Waals surface area contributed by atoms with Crippen LogP contribution in [0, 0.1) is 0 Å². The highest BCUT2D eigenvalue weighted by Gasteiger charge is 2.18. The average Bonchev–Trinajstić information content (AvgIpc) is 3.13. The van der Waals surface area contributed by atoms with Gasteiger partial charge in [0.05, 0.1) is 5.02 Å². The molecule has 0 bridgehead atoms. The van der Waals surface area contributed by atoms with E-state index in [1.807, 2.05) is 30.3 Å². The molecule has 0 saturated carbocycles. The van der Waals surface area contributed by atoms with Crippen LogP contribution in [0.5, 0.6) is 0 Å². The monoisotopic (exact) mass is 347 g/mol. The molecule has 0 saturated heterocycles. The van der Waals surface area contributed by atoms with Crippen molar-refractivity contribution in [2.45, 2.75) is 0 Å². The van der Waals surface area contributed by atoms with Gasteiger partial charge in [-0.3, -0.25) is 4.98 Å². The minimum absolute atomic E-state index is 0.397. The van der Waals surface area contributed by atoms with E-state index in [9.17, 15) is 0 Å². The quantitative estimate of drug-likeness (QED) is 0.492. The van der Waals surface area contributed by atoms with Crippen LogP contribution in [0.1, 0.15) is 0 Å². The van der Waals surface area contributed by atoms with Gasteiger partial charge >= 0.3 is 0 Å². The van der Waals surface area contributed by atoms with E-state index in [-0.39, 0.29) is 0 Å². The van der Waals surface area contributed by atoms with Crippen LogP contribution in [0.3, 0.4) is 0 Å². The largest absolute Gasteiger partial charge is 0.415 e. The van der Waals surface area contributed by atoms with E-state index >= 15 is 0 Å². The van der Waals surface area contributed by atoms with Crippen LogP contribution in [0.25, 0.3) is 32.3 Å². The highest BCUT2D eigenvalue weighted by Crippen LogP contribution is 2.42. The SMILES string of the molecule is Clc1ccc2c(Cl)c(-c3nnc(-c4ccncc4)o3)sc2c1. The van der Waals surface area contributed by atoms with Crippen LogP contribution in [0.4, 0.5) is 0 Å². The molecule has 0 radical (unpaired) electrons. The molecule has 0 N–H and O–H groups in total. The Morgan fingerprint density at radius 3 is 2.55 bits per heavy atom. The number of halogens is 2. The van der Waals surface area contributed by atoms with Gasteiger partial charge in [0.1, 0.15) is 4.88 Å². The van der Waals surface area contributed by atoms with Crippen LogP contribution in [0.15, 0.2) is 47.1 Å². The third-order valence-corrected chi connectivity index (χ3v) is 5.02. The van der Waals surface area contributed by atoms with Gasteiger partial charge in [0, 0.05) is 33.1 Å². The Bertz CT molecular complexity index is 966. The molecule has 7 heteroatoms. The van der Waals surface area contributed by atoms with Crippen LogP contribution in [-0.2, 0) is 0 Å². The maximum Gasteiger partial charge on any atom is 0.259 e. The Labute approximate surface area is 139 Å². The van der Waals surface area contributed by atoms with Gasteiger partial charge in [0.2, 0.25) is 5.89 Å². The predicted molar refractivity (Wildman–Crippen MR) is 88.4 cm³/mol. The van der Waals surface area contributed by atoms with Crippen LogP contribution in [-0.4, -0.2) is 15.2 Å². The minimum Gasteiger partial charge on any atom is -0.415 e. The van der Waals surface area contributed by atoms with E-state index in [0.29, 0.717) is 21.8 Å². The molecule has 4 aromatic rings. The normalized spacial score (nSPS) is 11.2. The standard InChI is InChI=1S/C15H7Cl2N3OS/c16-9-1-2-10-11(7-9)22-13(12(10)17)15-20-19-14(21-15)8-3-5-18-6-4-8/h1-7H. The first-order valence-corrected chi connectivity index (χ1v) is 7.91. The number of aromatic nitrogens is 3. The van der Waals surface area contributed by atoms with Gasteiger partial charge in [-0.05, 0) is 24.3 Å². The van der Waals surface area contributed by atoms with Gasteiger partial charge in [0.25, 0.3) is 5.89 Å². The van der Waals surface area contributed by atoms with Crippen molar-refractivity contribution < 1.29 is 4.42 Å². The molecule has 0 aliphatic rings. The molecule has 0 fully saturated rings. The fourth-order valence-corrected chi connectivity index (χ4v) is 3.81. The van der Waals surface area contributed by atoms with Crippen LogP contribution < -0.4 is 0 Å². The maximum absolute atomic E-state index is 6.43. The lowest BCUT2D eigenvalue weighted by atomic mass is 10.2. The lowest BCUT2D eigenvalue weighted by Crippen LogP contribution is -1.77. The summed E-state index contributed by atoms with van der Waals surface area (Å²) in [5, 5.41) is 10.4. The molecule has 22 heavy (non-hydrogen) atoms. The molecule has 0 amide bonds. The zero-order valence-electron chi connectivity index (χ0n) is 11.0. The summed E-state index contributed by atoms with van der Waals surface area (Å²) in [6, 6.07) is 9.19. The third-order valence-electron chi connectivity index (χ3n) is 3.14. The zero-order valence-corrected chi connectivity index (χ0v) is 13.3. The van der Waals surface area contributed by atoms with E-state index < -0.39 is 0 Å². The Morgan fingerprint density at radius 2 is 1.73 bits per heavy atom. The molecular formula is C15H7Cl2N3OS. The van der Waals surface area contributed by atoms with Gasteiger partial charge in [-0.1, -0.05) is 29.3 Å². The summed E-state index contributed by atoms with van der Waals surface area (Å²) in [4.78, 5) is 4.71. The lowest BCUT2D eigenvalue weighted by molar-refractivity contribution is 0.586. The summed E-state index contributed by atoms with van der Waals surface area (Å²) in [5.41, 5.74) is 0.814. The lowest BCUT2D eigenvalue weighted by Gasteiger charge is -1.92. The van der Waals surface area contributed by atoms with Crippen molar-refractivity contribution in [2.24, 2.45) is 0 Å². The molecule has 0 aliphatic carbocycles. The summed E-state index contributed by atoms with van der Waals surface area (Å²) in [6.45, 7) is 0. The number of hydrogen-bond acceptors (Lipinski definition) is 5. The molecule has 0 atom stereocenters. The number of pyridine rings is 1. The fourth-order valence-electron chi connectivity index (χ4n) is 2.10. The first kappa shape index (κ1) is 13.7. The second-order valence-electron chi connectivity index (χ2n) is 4.53. The van der Waals surface area contributed by atoms with Gasteiger partial charge < -0.3 is 4.42 Å². The van der Waals surface area contributed by atoms with E-state index in [2.05, 4.69) is 15.2 Å². The number of hydrogen-bond donors (Lipinski definition) is 0. The highest BCUT2D eigenvalue weighted by molar-refractivity contribution is 7.23. The molecule has 4 rings (SSSR count). The summed E-state index contributed by atoms with van der Waals surface area (Å²) < 4.78 is 6.72. The number of benzene rings is 1. The van der Waals surface area contributed by atoms with E-state index in [0.717, 1.165) is 20.5 Å². The molecule has 0 unspecified atom stereocenters.